The lowest BCUT2D eigenvalue weighted by molar-refractivity contribution is -0.445. The van der Waals surface area contributed by atoms with Crippen molar-refractivity contribution in [3.63, 3.8) is 0 Å². The largest absolute Gasteiger partial charge is 0.465 e. The van der Waals surface area contributed by atoms with Gasteiger partial charge in [-0.1, -0.05) is 13.8 Å². The van der Waals surface area contributed by atoms with E-state index in [2.05, 4.69) is 4.74 Å². The molecule has 1 N–H and O–H groups in total. The monoisotopic (exact) mass is 254 g/mol. The molecule has 96 valence electrons. The molecule has 0 rings (SSSR count). The minimum absolute atomic E-state index is 1.02. The second-order valence-electron chi connectivity index (χ2n) is 3.22. The molecule has 0 aromatic rings. The van der Waals surface area contributed by atoms with E-state index in [1.54, 1.807) is 0 Å². The van der Waals surface area contributed by atoms with E-state index in [0.29, 0.717) is 0 Å². The summed E-state index contributed by atoms with van der Waals surface area (Å²) in [5.74, 6) is -8.52. The maximum atomic E-state index is 12.0. The zero-order valence-corrected chi connectivity index (χ0v) is 8.11. The molecule has 0 aromatic carbocycles. The minimum atomic E-state index is -6.16. The topological polar surface area (TPSA) is 46.5 Å². The molecule has 16 heavy (non-hydrogen) atoms. The molecule has 0 spiro atoms. The number of halogens is 6. The van der Waals surface area contributed by atoms with Crippen LogP contribution >= 0.6 is 0 Å². The SMILES string of the molecule is CC(C)C(=O)OC(O)(C(F)(F)F)C(F)(F)F. The van der Waals surface area contributed by atoms with Crippen molar-refractivity contribution in [1.82, 2.24) is 0 Å². The molecule has 0 aliphatic carbocycles. The Morgan fingerprint density at radius 3 is 1.56 bits per heavy atom. The van der Waals surface area contributed by atoms with Crippen LogP contribution in [0.3, 0.4) is 0 Å². The summed E-state index contributed by atoms with van der Waals surface area (Å²) in [7, 11) is 0. The molecule has 0 aliphatic rings. The Morgan fingerprint density at radius 2 is 1.38 bits per heavy atom. The van der Waals surface area contributed by atoms with Crippen molar-refractivity contribution in [2.24, 2.45) is 5.92 Å². The summed E-state index contributed by atoms with van der Waals surface area (Å²) in [4.78, 5) is 10.7. The van der Waals surface area contributed by atoms with Gasteiger partial charge in [0.25, 0.3) is 0 Å². The van der Waals surface area contributed by atoms with Crippen molar-refractivity contribution in [3.05, 3.63) is 0 Å². The Kier molecular flexibility index (Phi) is 3.86. The van der Waals surface area contributed by atoms with Crippen molar-refractivity contribution in [1.29, 1.82) is 0 Å². The van der Waals surface area contributed by atoms with E-state index in [1.165, 1.54) is 0 Å². The first kappa shape index (κ1) is 15.0. The third-order valence-electron chi connectivity index (χ3n) is 1.49. The third-order valence-corrected chi connectivity index (χ3v) is 1.49. The van der Waals surface area contributed by atoms with E-state index in [9.17, 15) is 31.1 Å². The summed E-state index contributed by atoms with van der Waals surface area (Å²) in [6, 6.07) is 0. The van der Waals surface area contributed by atoms with Gasteiger partial charge in [0.2, 0.25) is 0 Å². The van der Waals surface area contributed by atoms with Crippen LogP contribution in [0.5, 0.6) is 0 Å². The van der Waals surface area contributed by atoms with E-state index < -0.39 is 30.0 Å². The van der Waals surface area contributed by atoms with Crippen molar-refractivity contribution < 1.29 is 41.0 Å². The number of ether oxygens (including phenoxy) is 1. The molecule has 0 saturated carbocycles. The number of carbonyl (C=O) groups is 1. The van der Waals surface area contributed by atoms with Gasteiger partial charge in [-0.2, -0.15) is 26.3 Å². The number of rotatable bonds is 2. The Balaban J connectivity index is 5.22. The maximum Gasteiger partial charge on any atom is 0.465 e. The summed E-state index contributed by atoms with van der Waals surface area (Å²) in [6.45, 7) is 2.05. The van der Waals surface area contributed by atoms with Crippen molar-refractivity contribution in [2.45, 2.75) is 32.0 Å². The Hall–Kier alpha value is -0.990. The standard InChI is InChI=1S/C7H8F6O3/c1-3(2)4(14)16-5(15,6(8,9)10)7(11,12)13/h3,15H,1-2H3. The van der Waals surface area contributed by atoms with Gasteiger partial charge in [-0.3, -0.25) is 4.79 Å². The van der Waals surface area contributed by atoms with Crippen LogP contribution in [-0.4, -0.2) is 29.2 Å². The summed E-state index contributed by atoms with van der Waals surface area (Å²) >= 11 is 0. The third kappa shape index (κ3) is 2.77. The smallest absolute Gasteiger partial charge is 0.416 e. The van der Waals surface area contributed by atoms with Gasteiger partial charge >= 0.3 is 24.1 Å². The molecule has 0 aromatic heterocycles. The predicted octanol–water partition coefficient (Wildman–Crippen LogP) is 2.00. The lowest BCUT2D eigenvalue weighted by atomic mass is 10.2. The number of aliphatic hydroxyl groups is 1. The normalized spacial score (nSPS) is 14.1. The van der Waals surface area contributed by atoms with E-state index in [-0.39, 0.29) is 0 Å². The second-order valence-corrected chi connectivity index (χ2v) is 3.22. The molecule has 9 heteroatoms. The fraction of sp³-hybridized carbons (Fsp3) is 0.857. The highest BCUT2D eigenvalue weighted by Crippen LogP contribution is 2.44. The summed E-state index contributed by atoms with van der Waals surface area (Å²) in [5, 5.41) is 8.41. The van der Waals surface area contributed by atoms with E-state index in [4.69, 9.17) is 5.11 Å². The molecule has 0 bridgehead atoms. The lowest BCUT2D eigenvalue weighted by Gasteiger charge is -2.31. The number of hydrogen-bond donors (Lipinski definition) is 1. The van der Waals surface area contributed by atoms with E-state index >= 15 is 0 Å². The average molecular weight is 254 g/mol. The highest BCUT2D eigenvalue weighted by Gasteiger charge is 2.74. The molecular weight excluding hydrogens is 246 g/mol. The van der Waals surface area contributed by atoms with Crippen LogP contribution in [0.15, 0.2) is 0 Å². The number of hydrogen-bond acceptors (Lipinski definition) is 3. The summed E-state index contributed by atoms with van der Waals surface area (Å²) in [6.07, 6.45) is -12.3. The summed E-state index contributed by atoms with van der Waals surface area (Å²) in [5.41, 5.74) is 0. The molecule has 0 amide bonds. The van der Waals surface area contributed by atoms with Crippen LogP contribution in [0.1, 0.15) is 13.8 Å². The maximum absolute atomic E-state index is 12.0. The Labute approximate surface area is 86.0 Å². The number of carbonyl (C=O) groups excluding carboxylic acids is 1. The van der Waals surface area contributed by atoms with Gasteiger partial charge in [-0.05, 0) is 0 Å². The van der Waals surface area contributed by atoms with Crippen LogP contribution in [0.25, 0.3) is 0 Å². The highest BCUT2D eigenvalue weighted by molar-refractivity contribution is 5.72. The van der Waals surface area contributed by atoms with E-state index in [1.807, 2.05) is 0 Å². The molecular formula is C7H8F6O3. The molecule has 0 heterocycles. The molecule has 0 fully saturated rings. The van der Waals surface area contributed by atoms with Crippen LogP contribution in [0.2, 0.25) is 0 Å². The summed E-state index contributed by atoms with van der Waals surface area (Å²) < 4.78 is 75.0. The first-order valence-electron chi connectivity index (χ1n) is 3.91. The first-order chi connectivity index (χ1) is 6.83. The Bertz CT molecular complexity index is 252. The minimum Gasteiger partial charge on any atom is -0.416 e. The fourth-order valence-electron chi connectivity index (χ4n) is 0.540. The molecule has 0 radical (unpaired) electrons. The van der Waals surface area contributed by atoms with Crippen molar-refractivity contribution in [2.75, 3.05) is 0 Å². The van der Waals surface area contributed by atoms with Gasteiger partial charge < -0.3 is 9.84 Å². The van der Waals surface area contributed by atoms with Gasteiger partial charge in [0.05, 0.1) is 5.92 Å². The molecule has 3 nitrogen and oxygen atoms in total. The lowest BCUT2D eigenvalue weighted by Crippen LogP contribution is -2.60. The van der Waals surface area contributed by atoms with Gasteiger partial charge in [-0.25, -0.2) is 0 Å². The zero-order chi connectivity index (χ0) is 13.4. The van der Waals surface area contributed by atoms with Gasteiger partial charge in [0, 0.05) is 0 Å². The first-order valence-corrected chi connectivity index (χ1v) is 3.91. The van der Waals surface area contributed by atoms with Gasteiger partial charge in [-0.15, -0.1) is 0 Å². The second kappa shape index (κ2) is 4.11. The van der Waals surface area contributed by atoms with Crippen LogP contribution in [0, 0.1) is 5.92 Å². The number of esters is 1. The van der Waals surface area contributed by atoms with Crippen molar-refractivity contribution in [3.8, 4) is 0 Å². The predicted molar refractivity (Wildman–Crippen MR) is 38.0 cm³/mol. The Morgan fingerprint density at radius 1 is 1.06 bits per heavy atom. The van der Waals surface area contributed by atoms with E-state index in [0.717, 1.165) is 13.8 Å². The van der Waals surface area contributed by atoms with Crippen LogP contribution in [-0.2, 0) is 9.53 Å². The highest BCUT2D eigenvalue weighted by atomic mass is 19.4. The van der Waals surface area contributed by atoms with Crippen LogP contribution in [0.4, 0.5) is 26.3 Å². The fourth-order valence-corrected chi connectivity index (χ4v) is 0.540. The molecule has 0 atom stereocenters. The zero-order valence-electron chi connectivity index (χ0n) is 8.11. The van der Waals surface area contributed by atoms with Gasteiger partial charge in [0.1, 0.15) is 0 Å². The molecule has 0 unspecified atom stereocenters. The van der Waals surface area contributed by atoms with Gasteiger partial charge in [0.15, 0.2) is 0 Å². The van der Waals surface area contributed by atoms with Crippen molar-refractivity contribution >= 4 is 5.97 Å². The molecule has 0 saturated heterocycles. The average Bonchev–Trinajstić information content (AvgIpc) is 1.99. The molecule has 0 aliphatic heterocycles. The quantitative estimate of drug-likeness (QED) is 0.465. The number of alkyl halides is 6. The van der Waals surface area contributed by atoms with Crippen LogP contribution < -0.4 is 0 Å².